The molecule has 0 radical (unpaired) electrons. The highest BCUT2D eigenvalue weighted by Gasteiger charge is 2.21. The van der Waals surface area contributed by atoms with E-state index in [1.165, 1.54) is 12.1 Å². The van der Waals surface area contributed by atoms with Crippen LogP contribution in [0.4, 0.5) is 10.1 Å². The molecule has 2 aromatic carbocycles. The van der Waals surface area contributed by atoms with Gasteiger partial charge >= 0.3 is 0 Å². The number of aliphatic hydroxyl groups is 2. The third-order valence-electron chi connectivity index (χ3n) is 3.66. The smallest absolute Gasteiger partial charge is 0.175 e. The molecular weight excluding hydrogens is 283 g/mol. The minimum atomic E-state index is -1.10. The Bertz CT molecular complexity index is 733. The van der Waals surface area contributed by atoms with Crippen molar-refractivity contribution >= 4 is 11.5 Å². The van der Waals surface area contributed by atoms with Gasteiger partial charge in [-0.25, -0.2) is 9.38 Å². The van der Waals surface area contributed by atoms with Crippen molar-refractivity contribution in [1.82, 2.24) is 0 Å². The van der Waals surface area contributed by atoms with Gasteiger partial charge in [-0.1, -0.05) is 24.3 Å². The average Bonchev–Trinajstić information content (AvgIpc) is 2.47. The Hall–Kier alpha value is -2.24. The van der Waals surface area contributed by atoms with Crippen LogP contribution in [0.15, 0.2) is 47.5 Å². The zero-order valence-electron chi connectivity index (χ0n) is 12.3. The van der Waals surface area contributed by atoms with Gasteiger partial charge in [-0.05, 0) is 37.6 Å². The zero-order chi connectivity index (χ0) is 15.9. The van der Waals surface area contributed by atoms with Gasteiger partial charge in [0, 0.05) is 16.8 Å². The molecule has 0 bridgehead atoms. The molecule has 0 spiro atoms. The number of nitrogens with one attached hydrogen (secondary N) is 1. The van der Waals surface area contributed by atoms with Crippen LogP contribution < -0.4 is 5.32 Å². The second-order valence-corrected chi connectivity index (χ2v) is 5.84. The summed E-state index contributed by atoms with van der Waals surface area (Å²) in [7, 11) is 0. The van der Waals surface area contributed by atoms with E-state index in [1.807, 2.05) is 24.3 Å². The number of halogens is 1. The fourth-order valence-corrected chi connectivity index (χ4v) is 2.40. The summed E-state index contributed by atoms with van der Waals surface area (Å²) in [6, 6.07) is 11.4. The van der Waals surface area contributed by atoms with Crippen molar-refractivity contribution in [2.24, 2.45) is 4.99 Å². The Kier molecular flexibility index (Phi) is 3.47. The third-order valence-corrected chi connectivity index (χ3v) is 3.66. The van der Waals surface area contributed by atoms with Crippen LogP contribution >= 0.6 is 0 Å². The first-order chi connectivity index (χ1) is 10.3. The van der Waals surface area contributed by atoms with Gasteiger partial charge in [0.1, 0.15) is 11.7 Å². The highest BCUT2D eigenvalue weighted by molar-refractivity contribution is 6.09. The van der Waals surface area contributed by atoms with E-state index >= 15 is 0 Å². The summed E-state index contributed by atoms with van der Waals surface area (Å²) in [6.45, 7) is 3.43. The lowest BCUT2D eigenvalue weighted by Crippen LogP contribution is -2.22. The Morgan fingerprint density at radius 2 is 1.82 bits per heavy atom. The Morgan fingerprint density at radius 1 is 1.14 bits per heavy atom. The van der Waals surface area contributed by atoms with Crippen molar-refractivity contribution in [1.29, 1.82) is 0 Å². The molecule has 5 heteroatoms. The van der Waals surface area contributed by atoms with Gasteiger partial charge in [0.2, 0.25) is 0 Å². The van der Waals surface area contributed by atoms with E-state index in [1.54, 1.807) is 19.9 Å². The normalized spacial score (nSPS) is 17.5. The van der Waals surface area contributed by atoms with Gasteiger partial charge in [0.05, 0.1) is 5.60 Å². The van der Waals surface area contributed by atoms with E-state index in [4.69, 9.17) is 0 Å². The lowest BCUT2D eigenvalue weighted by molar-refractivity contribution is 0.0786. The number of aliphatic imine (C=N–C) groups is 1. The van der Waals surface area contributed by atoms with Crippen molar-refractivity contribution in [2.45, 2.75) is 25.7 Å². The largest absolute Gasteiger partial charge is 0.386 e. The number of fused-ring (bicyclic) bond motifs is 1. The summed E-state index contributed by atoms with van der Waals surface area (Å²) in [4.78, 5) is 4.16. The summed E-state index contributed by atoms with van der Waals surface area (Å²) in [6.07, 6.45) is -1.10. The predicted molar refractivity (Wildman–Crippen MR) is 83.2 cm³/mol. The molecule has 1 atom stereocenters. The molecule has 1 unspecified atom stereocenters. The molecule has 0 amide bonds. The Balaban J connectivity index is 1.92. The highest BCUT2D eigenvalue weighted by atomic mass is 19.1. The van der Waals surface area contributed by atoms with Crippen LogP contribution in [0.1, 0.15) is 36.8 Å². The highest BCUT2D eigenvalue weighted by Crippen LogP contribution is 2.30. The standard InChI is InChI=1S/C17H17FN2O2/c1-17(2,22)11-5-3-10(4-6-11)15-19-14-8-7-12(18)9-13(14)16(21)20-15/h3-9,16,21-22H,1-2H3,(H,19,20). The van der Waals surface area contributed by atoms with Crippen molar-refractivity contribution in [3.05, 3.63) is 65.0 Å². The molecule has 1 aliphatic rings. The summed E-state index contributed by atoms with van der Waals surface area (Å²) < 4.78 is 13.2. The van der Waals surface area contributed by atoms with Gasteiger partial charge in [-0.2, -0.15) is 0 Å². The molecule has 0 saturated heterocycles. The Labute approximate surface area is 128 Å². The summed E-state index contributed by atoms with van der Waals surface area (Å²) in [5.41, 5.74) is 1.70. The van der Waals surface area contributed by atoms with E-state index in [0.29, 0.717) is 17.1 Å². The van der Waals surface area contributed by atoms with Crippen LogP contribution in [0.5, 0.6) is 0 Å². The second-order valence-electron chi connectivity index (χ2n) is 5.84. The van der Waals surface area contributed by atoms with Crippen LogP contribution in [-0.2, 0) is 5.60 Å². The summed E-state index contributed by atoms with van der Waals surface area (Å²) in [5, 5.41) is 23.1. The van der Waals surface area contributed by atoms with Crippen LogP contribution in [0.2, 0.25) is 0 Å². The number of hydrogen-bond donors (Lipinski definition) is 3. The van der Waals surface area contributed by atoms with E-state index in [2.05, 4.69) is 10.3 Å². The van der Waals surface area contributed by atoms with E-state index in [-0.39, 0.29) is 0 Å². The number of hydrogen-bond acceptors (Lipinski definition) is 4. The summed E-state index contributed by atoms with van der Waals surface area (Å²) >= 11 is 0. The maximum Gasteiger partial charge on any atom is 0.175 e. The maximum atomic E-state index is 13.2. The SMILES string of the molecule is CC(C)(O)c1ccc(C2=NC(O)c3cc(F)ccc3N2)cc1. The molecule has 3 N–H and O–H groups in total. The third kappa shape index (κ3) is 2.73. The molecule has 114 valence electrons. The summed E-state index contributed by atoms with van der Waals surface area (Å²) in [5.74, 6) is 0.0988. The van der Waals surface area contributed by atoms with Gasteiger partial charge in [-0.3, -0.25) is 0 Å². The molecule has 0 fully saturated rings. The molecule has 0 saturated carbocycles. The van der Waals surface area contributed by atoms with Gasteiger partial charge in [0.25, 0.3) is 0 Å². The molecule has 0 aliphatic carbocycles. The maximum absolute atomic E-state index is 13.2. The van der Waals surface area contributed by atoms with Gasteiger partial charge < -0.3 is 15.5 Å². The molecular formula is C17H17FN2O2. The molecule has 0 aromatic heterocycles. The molecule has 2 aromatic rings. The fourth-order valence-electron chi connectivity index (χ4n) is 2.40. The van der Waals surface area contributed by atoms with Crippen molar-refractivity contribution in [3.63, 3.8) is 0 Å². The number of nitrogens with zero attached hydrogens (tertiary/aromatic N) is 1. The topological polar surface area (TPSA) is 64.9 Å². The fraction of sp³-hybridized carbons (Fsp3) is 0.235. The monoisotopic (exact) mass is 300 g/mol. The lowest BCUT2D eigenvalue weighted by atomic mass is 9.97. The second kappa shape index (κ2) is 5.19. The number of rotatable bonds is 2. The number of anilines is 1. The lowest BCUT2D eigenvalue weighted by Gasteiger charge is -2.23. The minimum absolute atomic E-state index is 0.409. The zero-order valence-corrected chi connectivity index (χ0v) is 12.3. The van der Waals surface area contributed by atoms with Gasteiger partial charge in [0.15, 0.2) is 6.23 Å². The predicted octanol–water partition coefficient (Wildman–Crippen LogP) is 2.92. The average molecular weight is 300 g/mol. The molecule has 1 aliphatic heterocycles. The quantitative estimate of drug-likeness (QED) is 0.799. The molecule has 22 heavy (non-hydrogen) atoms. The van der Waals surface area contributed by atoms with Crippen LogP contribution in [0, 0.1) is 5.82 Å². The first kappa shape index (κ1) is 14.7. The molecule has 4 nitrogen and oxygen atoms in total. The Morgan fingerprint density at radius 3 is 2.45 bits per heavy atom. The van der Waals surface area contributed by atoms with Crippen LogP contribution in [-0.4, -0.2) is 16.0 Å². The molecule has 1 heterocycles. The number of amidine groups is 1. The van der Waals surface area contributed by atoms with Crippen molar-refractivity contribution in [2.75, 3.05) is 5.32 Å². The van der Waals surface area contributed by atoms with Gasteiger partial charge in [-0.15, -0.1) is 0 Å². The van der Waals surface area contributed by atoms with Crippen molar-refractivity contribution < 1.29 is 14.6 Å². The van der Waals surface area contributed by atoms with Crippen LogP contribution in [0.25, 0.3) is 0 Å². The number of aliphatic hydroxyl groups excluding tert-OH is 1. The molecule has 3 rings (SSSR count). The van der Waals surface area contributed by atoms with Crippen LogP contribution in [0.3, 0.4) is 0 Å². The van der Waals surface area contributed by atoms with Crippen molar-refractivity contribution in [3.8, 4) is 0 Å². The first-order valence-corrected chi connectivity index (χ1v) is 7.00. The van der Waals surface area contributed by atoms with E-state index < -0.39 is 17.6 Å². The van der Waals surface area contributed by atoms with E-state index in [0.717, 1.165) is 11.1 Å². The van der Waals surface area contributed by atoms with E-state index in [9.17, 15) is 14.6 Å². The first-order valence-electron chi connectivity index (χ1n) is 7.00. The number of benzene rings is 2. The minimum Gasteiger partial charge on any atom is -0.386 e.